The van der Waals surface area contributed by atoms with Crippen LogP contribution in [0.2, 0.25) is 0 Å². The van der Waals surface area contributed by atoms with Crippen molar-refractivity contribution in [1.82, 2.24) is 15.1 Å². The Kier molecular flexibility index (Phi) is 4.98. The minimum atomic E-state index is -0.231. The zero-order chi connectivity index (χ0) is 12.0. The molecule has 0 radical (unpaired) electrons. The number of nitrogens with zero attached hydrogens (tertiary/aromatic N) is 2. The van der Waals surface area contributed by atoms with E-state index in [1.54, 1.807) is 6.92 Å². The second-order valence-electron chi connectivity index (χ2n) is 3.79. The standard InChI is InChI=1S/C11H19N3O2/c1-4-16-11(15)8-12-7-10-5-6-14(13-10)9(2)3/h5-6,9,12H,4,7-8H2,1-3H3. The van der Waals surface area contributed by atoms with Crippen LogP contribution >= 0.6 is 0 Å². The van der Waals surface area contributed by atoms with E-state index in [0.717, 1.165) is 5.69 Å². The number of aromatic nitrogens is 2. The van der Waals surface area contributed by atoms with Gasteiger partial charge < -0.3 is 10.1 Å². The van der Waals surface area contributed by atoms with Gasteiger partial charge in [-0.15, -0.1) is 0 Å². The lowest BCUT2D eigenvalue weighted by Crippen LogP contribution is -2.24. The van der Waals surface area contributed by atoms with Crippen LogP contribution in [0.25, 0.3) is 0 Å². The van der Waals surface area contributed by atoms with Crippen LogP contribution in [0.15, 0.2) is 12.3 Å². The van der Waals surface area contributed by atoms with Gasteiger partial charge in [-0.25, -0.2) is 0 Å². The molecule has 0 spiro atoms. The number of esters is 1. The molecule has 5 nitrogen and oxygen atoms in total. The van der Waals surface area contributed by atoms with Crippen molar-refractivity contribution in [3.8, 4) is 0 Å². The minimum absolute atomic E-state index is 0.225. The molecule has 0 fully saturated rings. The van der Waals surface area contributed by atoms with Crippen molar-refractivity contribution in [2.75, 3.05) is 13.2 Å². The molecule has 0 unspecified atom stereocenters. The highest BCUT2D eigenvalue weighted by Crippen LogP contribution is 2.03. The van der Waals surface area contributed by atoms with E-state index in [4.69, 9.17) is 4.74 Å². The summed E-state index contributed by atoms with van der Waals surface area (Å²) in [6, 6.07) is 2.30. The van der Waals surface area contributed by atoms with Gasteiger partial charge in [0, 0.05) is 18.8 Å². The molecule has 0 aliphatic carbocycles. The lowest BCUT2D eigenvalue weighted by Gasteiger charge is -2.04. The first-order valence-electron chi connectivity index (χ1n) is 5.53. The molecule has 16 heavy (non-hydrogen) atoms. The summed E-state index contributed by atoms with van der Waals surface area (Å²) in [7, 11) is 0. The quantitative estimate of drug-likeness (QED) is 0.737. The van der Waals surface area contributed by atoms with Crippen molar-refractivity contribution in [2.24, 2.45) is 0 Å². The Bertz CT molecular complexity index is 334. The predicted molar refractivity (Wildman–Crippen MR) is 61.0 cm³/mol. The Morgan fingerprint density at radius 3 is 2.94 bits per heavy atom. The molecule has 0 aromatic carbocycles. The van der Waals surface area contributed by atoms with Gasteiger partial charge in [0.1, 0.15) is 0 Å². The topological polar surface area (TPSA) is 56.1 Å². The summed E-state index contributed by atoms with van der Waals surface area (Å²) in [5.74, 6) is -0.231. The van der Waals surface area contributed by atoms with Gasteiger partial charge in [-0.05, 0) is 26.8 Å². The summed E-state index contributed by atoms with van der Waals surface area (Å²) in [4.78, 5) is 11.0. The molecule has 90 valence electrons. The highest BCUT2D eigenvalue weighted by molar-refractivity contribution is 5.71. The molecule has 0 bridgehead atoms. The monoisotopic (exact) mass is 225 g/mol. The average Bonchev–Trinajstić information content (AvgIpc) is 2.67. The van der Waals surface area contributed by atoms with Crippen molar-refractivity contribution < 1.29 is 9.53 Å². The largest absolute Gasteiger partial charge is 0.465 e. The highest BCUT2D eigenvalue weighted by atomic mass is 16.5. The Balaban J connectivity index is 2.29. The fraction of sp³-hybridized carbons (Fsp3) is 0.636. The molecule has 1 aromatic heterocycles. The van der Waals surface area contributed by atoms with Gasteiger partial charge in [-0.1, -0.05) is 0 Å². The minimum Gasteiger partial charge on any atom is -0.465 e. The van der Waals surface area contributed by atoms with Gasteiger partial charge in [0.05, 0.1) is 18.8 Å². The van der Waals surface area contributed by atoms with Crippen LogP contribution in [0.5, 0.6) is 0 Å². The van der Waals surface area contributed by atoms with Gasteiger partial charge in [-0.3, -0.25) is 9.48 Å². The maximum atomic E-state index is 11.0. The third-order valence-corrected chi connectivity index (χ3v) is 2.07. The van der Waals surface area contributed by atoms with Crippen LogP contribution in [-0.2, 0) is 16.1 Å². The maximum absolute atomic E-state index is 11.0. The second kappa shape index (κ2) is 6.27. The SMILES string of the molecule is CCOC(=O)CNCc1ccn(C(C)C)n1. The fourth-order valence-electron chi connectivity index (χ4n) is 1.26. The fourth-order valence-corrected chi connectivity index (χ4v) is 1.26. The van der Waals surface area contributed by atoms with Crippen molar-refractivity contribution in [3.63, 3.8) is 0 Å². The smallest absolute Gasteiger partial charge is 0.319 e. The summed E-state index contributed by atoms with van der Waals surface area (Å²) in [5.41, 5.74) is 0.929. The van der Waals surface area contributed by atoms with Crippen molar-refractivity contribution >= 4 is 5.97 Å². The van der Waals surface area contributed by atoms with Crippen LogP contribution in [0.4, 0.5) is 0 Å². The zero-order valence-electron chi connectivity index (χ0n) is 10.1. The molecule has 1 N–H and O–H groups in total. The first-order chi connectivity index (χ1) is 7.63. The Morgan fingerprint density at radius 1 is 1.62 bits per heavy atom. The summed E-state index contributed by atoms with van der Waals surface area (Å²) in [5, 5.41) is 7.34. The van der Waals surface area contributed by atoms with E-state index < -0.39 is 0 Å². The summed E-state index contributed by atoms with van der Waals surface area (Å²) >= 11 is 0. The molecule has 0 atom stereocenters. The van der Waals surface area contributed by atoms with Gasteiger partial charge in [0.15, 0.2) is 0 Å². The molecule has 5 heteroatoms. The number of carbonyl (C=O) groups is 1. The number of hydrogen-bond donors (Lipinski definition) is 1. The molecule has 0 aliphatic rings. The normalized spacial score (nSPS) is 10.8. The Morgan fingerprint density at radius 2 is 2.38 bits per heavy atom. The van der Waals surface area contributed by atoms with E-state index in [1.165, 1.54) is 0 Å². The average molecular weight is 225 g/mol. The van der Waals surface area contributed by atoms with E-state index in [2.05, 4.69) is 24.3 Å². The third kappa shape index (κ3) is 4.02. The Hall–Kier alpha value is -1.36. The number of nitrogens with one attached hydrogen (secondary N) is 1. The molecule has 0 saturated heterocycles. The van der Waals surface area contributed by atoms with Gasteiger partial charge in [-0.2, -0.15) is 5.10 Å². The molecule has 1 aromatic rings. The van der Waals surface area contributed by atoms with Crippen LogP contribution < -0.4 is 5.32 Å². The predicted octanol–water partition coefficient (Wildman–Crippen LogP) is 1.12. The number of carbonyl (C=O) groups excluding carboxylic acids is 1. The molecular formula is C11H19N3O2. The lowest BCUT2D eigenvalue weighted by atomic mass is 10.4. The second-order valence-corrected chi connectivity index (χ2v) is 3.79. The summed E-state index contributed by atoms with van der Waals surface area (Å²) in [6.07, 6.45) is 1.94. The molecule has 1 rings (SSSR count). The lowest BCUT2D eigenvalue weighted by molar-refractivity contribution is -0.142. The van der Waals surface area contributed by atoms with Crippen molar-refractivity contribution in [1.29, 1.82) is 0 Å². The van der Waals surface area contributed by atoms with Crippen molar-refractivity contribution in [2.45, 2.75) is 33.4 Å². The highest BCUT2D eigenvalue weighted by Gasteiger charge is 2.03. The van der Waals surface area contributed by atoms with E-state index in [-0.39, 0.29) is 12.5 Å². The summed E-state index contributed by atoms with van der Waals surface area (Å²) < 4.78 is 6.69. The summed E-state index contributed by atoms with van der Waals surface area (Å²) in [6.45, 7) is 7.16. The third-order valence-electron chi connectivity index (χ3n) is 2.07. The number of hydrogen-bond acceptors (Lipinski definition) is 4. The van der Waals surface area contributed by atoms with Crippen LogP contribution in [0.1, 0.15) is 32.5 Å². The van der Waals surface area contributed by atoms with Crippen LogP contribution in [-0.4, -0.2) is 28.9 Å². The van der Waals surface area contributed by atoms with Gasteiger partial charge >= 0.3 is 5.97 Å². The molecule has 0 aliphatic heterocycles. The van der Waals surface area contributed by atoms with Gasteiger partial charge in [0.2, 0.25) is 0 Å². The zero-order valence-corrected chi connectivity index (χ0v) is 10.1. The van der Waals surface area contributed by atoms with E-state index in [0.29, 0.717) is 19.2 Å². The van der Waals surface area contributed by atoms with Crippen LogP contribution in [0, 0.1) is 0 Å². The molecule has 0 amide bonds. The van der Waals surface area contributed by atoms with E-state index in [9.17, 15) is 4.79 Å². The van der Waals surface area contributed by atoms with E-state index >= 15 is 0 Å². The van der Waals surface area contributed by atoms with Gasteiger partial charge in [0.25, 0.3) is 0 Å². The van der Waals surface area contributed by atoms with Crippen molar-refractivity contribution in [3.05, 3.63) is 18.0 Å². The molecule has 1 heterocycles. The van der Waals surface area contributed by atoms with E-state index in [1.807, 2.05) is 16.9 Å². The maximum Gasteiger partial charge on any atom is 0.319 e. The molecule has 0 saturated carbocycles. The number of ether oxygens (including phenoxy) is 1. The van der Waals surface area contributed by atoms with Crippen LogP contribution in [0.3, 0.4) is 0 Å². The Labute approximate surface area is 95.8 Å². The first-order valence-corrected chi connectivity index (χ1v) is 5.53. The number of rotatable bonds is 6. The molecular weight excluding hydrogens is 206 g/mol. The first kappa shape index (κ1) is 12.7.